The first-order valence-corrected chi connectivity index (χ1v) is 30.4. The van der Waals surface area contributed by atoms with Crippen LogP contribution in [0.5, 0.6) is 0 Å². The van der Waals surface area contributed by atoms with Gasteiger partial charge in [0.15, 0.2) is 20.2 Å². The molecule has 10 rings (SSSR count). The Morgan fingerprint density at radius 3 is 0.535 bits per heavy atom. The van der Waals surface area contributed by atoms with Crippen molar-refractivity contribution in [3.05, 3.63) is 108 Å². The zero-order valence-corrected chi connectivity index (χ0v) is 63.5. The predicted octanol–water partition coefficient (Wildman–Crippen LogP) is -9.08. The molecule has 0 spiro atoms. The zero-order valence-electron chi connectivity index (χ0n) is 52.9. The van der Waals surface area contributed by atoms with Crippen LogP contribution in [0.1, 0.15) is 204 Å². The van der Waals surface area contributed by atoms with Crippen LogP contribution in [0.3, 0.4) is 0 Å². The quantitative estimate of drug-likeness (QED) is 0.0725. The molecule has 86 heavy (non-hydrogen) atoms. The average molecular weight is 1410 g/mol. The third-order valence-electron chi connectivity index (χ3n) is 13.0. The maximum Gasteiger partial charge on any atom is 2.00 e. The van der Waals surface area contributed by atoms with Gasteiger partial charge in [-0.3, -0.25) is 0 Å². The number of halogens is 4. The number of nitrogens with zero attached hydrogens (tertiary/aromatic N) is 12. The SMILES string of the molecule is C1CCOC1.C1CCOC1.C1CCOC1.C1CCOC1.CC(C)c1ccn(C(n2ccc(C(C)C)n2)(n2ccc(C(C)C)n2)S(=O)(=O)[O-])n1.CC(C)c1ccn(C(n2ccc(C(C)C)n2)(n2ccc(C(C)C)n2)S(=O)(=O)[O-])n1.[Cl-].[Cl-].[Cl-].[Cl-].[Li+].[Li+].[Zn+2].[Zn+2]. The van der Waals surface area contributed by atoms with Crippen LogP contribution in [0.25, 0.3) is 0 Å². The number of ether oxygens (including phenoxy) is 4. The van der Waals surface area contributed by atoms with Gasteiger partial charge in [-0.05, 0) is 123 Å². The summed E-state index contributed by atoms with van der Waals surface area (Å²) < 4.78 is 104. The fourth-order valence-electron chi connectivity index (χ4n) is 8.21. The Labute approximate surface area is 585 Å². The smallest absolute Gasteiger partial charge is 1.00 e. The van der Waals surface area contributed by atoms with Gasteiger partial charge in [0, 0.05) is 90.0 Å². The molecule has 6 aromatic heterocycles. The van der Waals surface area contributed by atoms with Gasteiger partial charge in [-0.2, -0.15) is 30.6 Å². The zero-order chi connectivity index (χ0) is 57.3. The normalized spacial score (nSPS) is 14.5. The molecule has 10 heterocycles. The molecule has 0 N–H and O–H groups in total. The van der Waals surface area contributed by atoms with Crippen LogP contribution < -0.4 is 87.3 Å². The van der Waals surface area contributed by atoms with Crippen LogP contribution in [0.15, 0.2) is 73.6 Å². The summed E-state index contributed by atoms with van der Waals surface area (Å²) in [5.74, 6) is 0.311. The van der Waals surface area contributed by atoms with Gasteiger partial charge in [0.05, 0.1) is 34.2 Å². The summed E-state index contributed by atoms with van der Waals surface area (Å²) >= 11 is 0. The Kier molecular flexibility index (Phi) is 45.9. The average Bonchev–Trinajstić information content (AvgIpc) is 4.39. The van der Waals surface area contributed by atoms with E-state index in [0.29, 0.717) is 34.2 Å². The van der Waals surface area contributed by atoms with Gasteiger partial charge in [0.1, 0.15) is 0 Å². The largest absolute Gasteiger partial charge is 2.00 e. The first kappa shape index (κ1) is 90.9. The summed E-state index contributed by atoms with van der Waals surface area (Å²) in [4.78, 5) is 0. The maximum atomic E-state index is 12.9. The number of hydrogen-bond acceptors (Lipinski definition) is 16. The molecule has 22 nitrogen and oxygen atoms in total. The summed E-state index contributed by atoms with van der Waals surface area (Å²) in [7, 11) is -10.1. The molecule has 4 aliphatic rings. The first-order valence-electron chi connectivity index (χ1n) is 27.5. The van der Waals surface area contributed by atoms with Crippen molar-refractivity contribution >= 4 is 20.2 Å². The summed E-state index contributed by atoms with van der Waals surface area (Å²) in [5.41, 5.74) is 3.95. The molecule has 0 bridgehead atoms. The number of hydrogen-bond donors (Lipinski definition) is 0. The third-order valence-corrected chi connectivity index (χ3v) is 15.4. The molecule has 4 saturated heterocycles. The molecule has 0 aliphatic carbocycles. The summed E-state index contributed by atoms with van der Waals surface area (Å²) in [6.07, 6.45) is 19.1. The molecule has 0 radical (unpaired) electrons. The standard InChI is InChI=1S/2C19H28N6O3S.4C4H8O.4ClH.2Li.2Zn/c2*1-13(2)16-7-10-23(20-16)19(29(26,27)28,24-11-8-17(21-24)14(3)4)25-12-9-18(22-25)15(5)6;4*1-2-4-5-3-1;;;;;;;;/h2*7-15H,1-6H3,(H,26,27,28);4*1-4H2;4*1H;;;;/q;;;;;;;;;;2*+1;2*+2/p-6. The Balaban J connectivity index is -0.000000547. The van der Waals surface area contributed by atoms with E-state index in [4.69, 9.17) is 18.9 Å². The molecule has 0 amide bonds. The molecule has 0 atom stereocenters. The minimum atomic E-state index is -5.07. The molecule has 32 heteroatoms. The molecule has 4 fully saturated rings. The Bertz CT molecular complexity index is 2480. The maximum absolute atomic E-state index is 12.9. The van der Waals surface area contributed by atoms with Crippen molar-refractivity contribution in [3.63, 3.8) is 0 Å². The Hall–Kier alpha value is -1.48. The molecule has 0 saturated carbocycles. The van der Waals surface area contributed by atoms with E-state index in [1.807, 2.05) is 83.1 Å². The van der Waals surface area contributed by atoms with Crippen molar-refractivity contribution in [2.75, 3.05) is 52.9 Å². The molecule has 468 valence electrons. The molecule has 4 aliphatic heterocycles. The van der Waals surface area contributed by atoms with E-state index < -0.39 is 30.5 Å². The van der Waals surface area contributed by atoms with E-state index in [0.717, 1.165) is 80.9 Å². The molecular weight excluding hydrogens is 1330 g/mol. The molecule has 0 aromatic carbocycles. The third kappa shape index (κ3) is 24.2. The van der Waals surface area contributed by atoms with Gasteiger partial charge in [0.25, 0.3) is 0 Å². The topological polar surface area (TPSA) is 258 Å². The van der Waals surface area contributed by atoms with Crippen molar-refractivity contribution in [1.82, 2.24) is 58.7 Å². The fraction of sp³-hybridized carbons (Fsp3) is 0.667. The van der Waals surface area contributed by atoms with Gasteiger partial charge in [0.2, 0.25) is 0 Å². The summed E-state index contributed by atoms with van der Waals surface area (Å²) in [6, 6.07) is 10.2. The second-order valence-corrected chi connectivity index (χ2v) is 24.3. The minimum absolute atomic E-state index is 0. The monoisotopic (exact) mass is 1410 g/mol. The van der Waals surface area contributed by atoms with Gasteiger partial charge in [-0.15, -0.1) is 0 Å². The molecule has 6 aromatic rings. The minimum Gasteiger partial charge on any atom is -1.00 e. The van der Waals surface area contributed by atoms with E-state index in [1.165, 1.54) is 88.5 Å². The number of aromatic nitrogens is 12. The summed E-state index contributed by atoms with van der Waals surface area (Å²) in [6.45, 7) is 31.3. The number of rotatable bonds is 14. The van der Waals surface area contributed by atoms with Gasteiger partial charge < -0.3 is 77.7 Å². The van der Waals surface area contributed by atoms with Crippen molar-refractivity contribution in [1.29, 1.82) is 0 Å². The van der Waals surface area contributed by atoms with Gasteiger partial charge in [-0.25, -0.2) is 44.9 Å². The van der Waals surface area contributed by atoms with E-state index in [-0.39, 0.29) is 162 Å². The van der Waals surface area contributed by atoms with Crippen LogP contribution in [0.2, 0.25) is 0 Å². The fourth-order valence-corrected chi connectivity index (χ4v) is 10.2. The van der Waals surface area contributed by atoms with Crippen molar-refractivity contribution in [3.8, 4) is 0 Å². The van der Waals surface area contributed by atoms with Gasteiger partial charge >= 0.3 is 86.9 Å². The Morgan fingerprint density at radius 1 is 0.337 bits per heavy atom. The van der Waals surface area contributed by atoms with Crippen LogP contribution in [-0.2, 0) is 88.4 Å². The van der Waals surface area contributed by atoms with Crippen molar-refractivity contribution < 1.29 is 171 Å². The second kappa shape index (κ2) is 43.4. The molecule has 0 unspecified atom stereocenters. The van der Waals surface area contributed by atoms with E-state index in [1.54, 1.807) is 36.4 Å². The van der Waals surface area contributed by atoms with Crippen LogP contribution in [0, 0.1) is 0 Å². The van der Waals surface area contributed by atoms with Crippen LogP contribution in [0.4, 0.5) is 0 Å². The predicted molar refractivity (Wildman–Crippen MR) is 295 cm³/mol. The van der Waals surface area contributed by atoms with Crippen molar-refractivity contribution in [2.24, 2.45) is 0 Å². The summed E-state index contributed by atoms with van der Waals surface area (Å²) in [5, 5.41) is 21.9. The van der Waals surface area contributed by atoms with E-state index >= 15 is 0 Å². The van der Waals surface area contributed by atoms with Crippen LogP contribution in [-0.4, -0.2) is 137 Å². The first-order chi connectivity index (χ1) is 37.0. The molecular formula is C54H86Cl4Li2N12O10S2Zn2. The second-order valence-electron chi connectivity index (χ2n) is 21.4. The van der Waals surface area contributed by atoms with E-state index in [2.05, 4.69) is 30.6 Å². The van der Waals surface area contributed by atoms with Crippen LogP contribution >= 0.6 is 0 Å². The Morgan fingerprint density at radius 2 is 0.465 bits per heavy atom. The van der Waals surface area contributed by atoms with Crippen molar-refractivity contribution in [2.45, 2.75) is 180 Å². The van der Waals surface area contributed by atoms with E-state index in [9.17, 15) is 25.9 Å². The van der Waals surface area contributed by atoms with Gasteiger partial charge in [-0.1, -0.05) is 83.1 Å².